The average Bonchev–Trinajstić information content (AvgIpc) is 2.04. The Morgan fingerprint density at radius 1 is 1.18 bits per heavy atom. The molecule has 0 aliphatic heterocycles. The molecule has 1 nitrogen and oxygen atoms in total. The molecule has 0 atom stereocenters. The van der Waals surface area contributed by atoms with E-state index in [2.05, 4.69) is 13.2 Å². The Morgan fingerprint density at radius 3 is 1.91 bits per heavy atom. The lowest BCUT2D eigenvalue weighted by Crippen LogP contribution is -1.73. The first-order chi connectivity index (χ1) is 5.16. The Kier molecular flexibility index (Phi) is 10.1. The van der Waals surface area contributed by atoms with Gasteiger partial charge in [0, 0.05) is 5.57 Å². The van der Waals surface area contributed by atoms with Crippen LogP contribution in [0.1, 0.15) is 20.8 Å². The van der Waals surface area contributed by atoms with E-state index in [1.165, 1.54) is 0 Å². The first-order valence-corrected chi connectivity index (χ1v) is 3.64. The van der Waals surface area contributed by atoms with Crippen LogP contribution in [0.5, 0.6) is 0 Å². The molecule has 0 fully saturated rings. The molecule has 0 unspecified atom stereocenters. The zero-order valence-electron chi connectivity index (χ0n) is 7.55. The number of rotatable bonds is 3. The van der Waals surface area contributed by atoms with Crippen LogP contribution in [-0.2, 0) is 4.79 Å². The summed E-state index contributed by atoms with van der Waals surface area (Å²) < 4.78 is 0. The van der Waals surface area contributed by atoms with Crippen molar-refractivity contribution in [1.82, 2.24) is 0 Å². The molecule has 0 radical (unpaired) electrons. The molecule has 0 aliphatic rings. The van der Waals surface area contributed by atoms with Crippen LogP contribution in [0.15, 0.2) is 36.5 Å². The van der Waals surface area contributed by atoms with Gasteiger partial charge in [0.1, 0.15) is 6.29 Å². The molecule has 1 heteroatoms. The first kappa shape index (κ1) is 12.6. The van der Waals surface area contributed by atoms with Crippen molar-refractivity contribution in [2.75, 3.05) is 0 Å². The van der Waals surface area contributed by atoms with Crippen LogP contribution >= 0.6 is 0 Å². The summed E-state index contributed by atoms with van der Waals surface area (Å²) in [7, 11) is 0. The van der Waals surface area contributed by atoms with E-state index in [4.69, 9.17) is 0 Å². The second-order valence-electron chi connectivity index (χ2n) is 1.87. The molecule has 62 valence electrons. The molecule has 0 rings (SSSR count). The fraction of sp³-hybridized carbons (Fsp3) is 0.300. The van der Waals surface area contributed by atoms with E-state index in [9.17, 15) is 4.79 Å². The number of allylic oxidation sites excluding steroid dienone is 4. The van der Waals surface area contributed by atoms with E-state index >= 15 is 0 Å². The van der Waals surface area contributed by atoms with Crippen LogP contribution in [0.25, 0.3) is 0 Å². The zero-order valence-corrected chi connectivity index (χ0v) is 7.55. The summed E-state index contributed by atoms with van der Waals surface area (Å²) in [5, 5.41) is 0. The Morgan fingerprint density at radius 2 is 1.64 bits per heavy atom. The summed E-state index contributed by atoms with van der Waals surface area (Å²) in [5.41, 5.74) is 1.39. The highest BCUT2D eigenvalue weighted by atomic mass is 16.1. The van der Waals surface area contributed by atoms with E-state index in [1.807, 2.05) is 20.8 Å². The number of carbonyl (C=O) groups excluding carboxylic acids is 1. The minimum absolute atomic E-state index is 0.470. The van der Waals surface area contributed by atoms with Gasteiger partial charge in [-0.25, -0.2) is 0 Å². The minimum atomic E-state index is 0.470. The molecule has 0 bridgehead atoms. The Balaban J connectivity index is 0. The van der Waals surface area contributed by atoms with E-state index in [0.717, 1.165) is 5.57 Å². The van der Waals surface area contributed by atoms with E-state index in [-0.39, 0.29) is 0 Å². The maximum atomic E-state index is 9.94. The third-order valence-corrected chi connectivity index (χ3v) is 0.733. The van der Waals surface area contributed by atoms with Crippen molar-refractivity contribution in [3.63, 3.8) is 0 Å². The van der Waals surface area contributed by atoms with Gasteiger partial charge in [-0.15, -0.1) is 0 Å². The molecular weight excluding hydrogens is 136 g/mol. The molecule has 0 aromatic heterocycles. The van der Waals surface area contributed by atoms with Crippen molar-refractivity contribution < 1.29 is 4.79 Å². The Labute approximate surface area is 69.1 Å². The molecule has 0 amide bonds. The minimum Gasteiger partial charge on any atom is -0.298 e. The molecule has 11 heavy (non-hydrogen) atoms. The van der Waals surface area contributed by atoms with Gasteiger partial charge in [0.25, 0.3) is 0 Å². The predicted molar refractivity (Wildman–Crippen MR) is 50.5 cm³/mol. The van der Waals surface area contributed by atoms with Gasteiger partial charge in [-0.1, -0.05) is 44.7 Å². The summed E-state index contributed by atoms with van der Waals surface area (Å²) in [4.78, 5) is 9.94. The number of carbonyl (C=O) groups is 1. The van der Waals surface area contributed by atoms with Crippen molar-refractivity contribution >= 4 is 6.29 Å². The van der Waals surface area contributed by atoms with E-state index in [0.29, 0.717) is 11.9 Å². The van der Waals surface area contributed by atoms with Crippen LogP contribution < -0.4 is 0 Å². The van der Waals surface area contributed by atoms with Gasteiger partial charge in [0.05, 0.1) is 0 Å². The number of aldehydes is 1. The molecule has 0 saturated heterocycles. The monoisotopic (exact) mass is 152 g/mol. The second-order valence-corrected chi connectivity index (χ2v) is 1.87. The largest absolute Gasteiger partial charge is 0.298 e. The van der Waals surface area contributed by atoms with Gasteiger partial charge in [-0.2, -0.15) is 0 Å². The summed E-state index contributed by atoms with van der Waals surface area (Å²) in [5.74, 6) is 0. The summed E-state index contributed by atoms with van der Waals surface area (Å²) in [6.07, 6.45) is 4.09. The summed E-state index contributed by atoms with van der Waals surface area (Å²) >= 11 is 0. The van der Waals surface area contributed by atoms with Crippen molar-refractivity contribution in [2.45, 2.75) is 20.8 Å². The zero-order chi connectivity index (χ0) is 9.28. The van der Waals surface area contributed by atoms with Crippen LogP contribution in [-0.4, -0.2) is 6.29 Å². The Bertz CT molecular complexity index is 164. The fourth-order valence-electron chi connectivity index (χ4n) is 0.289. The third-order valence-electron chi connectivity index (χ3n) is 0.733. The molecule has 0 spiro atoms. The average molecular weight is 152 g/mol. The lowest BCUT2D eigenvalue weighted by Gasteiger charge is -1.83. The maximum Gasteiger partial charge on any atom is 0.149 e. The van der Waals surface area contributed by atoms with Crippen LogP contribution in [0, 0.1) is 0 Å². The highest BCUT2D eigenvalue weighted by molar-refractivity contribution is 5.76. The lowest BCUT2D eigenvalue weighted by atomic mass is 10.2. The molecule has 0 N–H and O–H groups in total. The second kappa shape index (κ2) is 8.89. The van der Waals surface area contributed by atoms with Gasteiger partial charge in [-0.3, -0.25) is 4.79 Å². The van der Waals surface area contributed by atoms with E-state index < -0.39 is 0 Å². The van der Waals surface area contributed by atoms with Crippen molar-refractivity contribution in [3.8, 4) is 0 Å². The molecule has 0 heterocycles. The van der Waals surface area contributed by atoms with Crippen molar-refractivity contribution in [1.29, 1.82) is 0 Å². The normalized spacial score (nSPS) is 8.27. The van der Waals surface area contributed by atoms with Crippen molar-refractivity contribution in [3.05, 3.63) is 36.5 Å². The molecule has 0 aromatic carbocycles. The highest BCUT2D eigenvalue weighted by Gasteiger charge is 1.79. The van der Waals surface area contributed by atoms with Crippen LogP contribution in [0.4, 0.5) is 0 Å². The van der Waals surface area contributed by atoms with Gasteiger partial charge < -0.3 is 0 Å². The fourth-order valence-corrected chi connectivity index (χ4v) is 0.289. The standard InChI is InChI=1S/C8H10O.C2H6/c1-7(2)4-5-8(3)6-9;1-2/h4-6H,1,3H2,2H3;1-2H3/b5-4-;. The quantitative estimate of drug-likeness (QED) is 0.345. The molecule has 0 aromatic rings. The van der Waals surface area contributed by atoms with Gasteiger partial charge in [-0.05, 0) is 6.92 Å². The molecule has 0 aliphatic carbocycles. The maximum absolute atomic E-state index is 9.94. The lowest BCUT2D eigenvalue weighted by molar-refractivity contribution is -0.104. The molecular formula is C10H16O. The van der Waals surface area contributed by atoms with Crippen LogP contribution in [0.2, 0.25) is 0 Å². The highest BCUT2D eigenvalue weighted by Crippen LogP contribution is 1.93. The van der Waals surface area contributed by atoms with E-state index in [1.54, 1.807) is 12.2 Å². The van der Waals surface area contributed by atoms with Crippen LogP contribution in [0.3, 0.4) is 0 Å². The SMILES string of the molecule is C=C(C)/C=C\C(=C)C=O.CC. The van der Waals surface area contributed by atoms with Crippen molar-refractivity contribution in [2.24, 2.45) is 0 Å². The summed E-state index contributed by atoms with van der Waals surface area (Å²) in [6, 6.07) is 0. The Hall–Kier alpha value is -1.11. The van der Waals surface area contributed by atoms with Gasteiger partial charge in [0.2, 0.25) is 0 Å². The predicted octanol–water partition coefficient (Wildman–Crippen LogP) is 2.90. The topological polar surface area (TPSA) is 17.1 Å². The smallest absolute Gasteiger partial charge is 0.149 e. The molecule has 0 saturated carbocycles. The number of hydrogen-bond acceptors (Lipinski definition) is 1. The summed E-state index contributed by atoms with van der Waals surface area (Å²) in [6.45, 7) is 12.9. The first-order valence-electron chi connectivity index (χ1n) is 3.64. The number of hydrogen-bond donors (Lipinski definition) is 0. The third kappa shape index (κ3) is 12.2. The van der Waals surface area contributed by atoms with Gasteiger partial charge in [0.15, 0.2) is 0 Å². The van der Waals surface area contributed by atoms with Gasteiger partial charge >= 0.3 is 0 Å².